The van der Waals surface area contributed by atoms with Gasteiger partial charge in [0.2, 0.25) is 0 Å². The van der Waals surface area contributed by atoms with Crippen LogP contribution in [0.3, 0.4) is 0 Å². The number of nitrogens with one attached hydrogen (secondary N) is 1. The molecule has 0 saturated carbocycles. The fourth-order valence-electron chi connectivity index (χ4n) is 1.52. The Morgan fingerprint density at radius 3 is 2.62 bits per heavy atom. The van der Waals surface area contributed by atoms with E-state index in [0.29, 0.717) is 5.11 Å². The molecule has 1 fully saturated rings. The SMILES string of the molecule is CCCC1NC(=S)N(C(C)C)C1=O. The molecule has 4 heteroatoms. The molecule has 1 unspecified atom stereocenters. The standard InChI is InChI=1S/C9H16N2OS/c1-4-5-7-8(12)11(6(2)3)9(13)10-7/h6-7H,4-5H2,1-3H3,(H,10,13). The van der Waals surface area contributed by atoms with Gasteiger partial charge < -0.3 is 5.32 Å². The molecule has 74 valence electrons. The van der Waals surface area contributed by atoms with Crippen molar-refractivity contribution in [1.82, 2.24) is 10.2 Å². The zero-order chi connectivity index (χ0) is 10.0. The molecule has 0 radical (unpaired) electrons. The normalized spacial score (nSPS) is 22.8. The van der Waals surface area contributed by atoms with Crippen molar-refractivity contribution in [3.05, 3.63) is 0 Å². The van der Waals surface area contributed by atoms with Crippen LogP contribution in [0.25, 0.3) is 0 Å². The van der Waals surface area contributed by atoms with Gasteiger partial charge in [-0.25, -0.2) is 0 Å². The third-order valence-corrected chi connectivity index (χ3v) is 2.46. The van der Waals surface area contributed by atoms with Gasteiger partial charge in [0.15, 0.2) is 5.11 Å². The Bertz CT molecular complexity index is 228. The monoisotopic (exact) mass is 200 g/mol. The summed E-state index contributed by atoms with van der Waals surface area (Å²) < 4.78 is 0. The van der Waals surface area contributed by atoms with E-state index in [1.165, 1.54) is 0 Å². The molecular weight excluding hydrogens is 184 g/mol. The summed E-state index contributed by atoms with van der Waals surface area (Å²) in [5.41, 5.74) is 0. The van der Waals surface area contributed by atoms with Gasteiger partial charge in [-0.15, -0.1) is 0 Å². The summed E-state index contributed by atoms with van der Waals surface area (Å²) in [6, 6.07) is 0.0780. The first-order valence-electron chi connectivity index (χ1n) is 4.71. The van der Waals surface area contributed by atoms with Crippen LogP contribution in [0.15, 0.2) is 0 Å². The van der Waals surface area contributed by atoms with Crippen molar-refractivity contribution in [3.8, 4) is 0 Å². The molecule has 1 atom stereocenters. The minimum atomic E-state index is -0.0834. The van der Waals surface area contributed by atoms with E-state index in [1.807, 2.05) is 13.8 Å². The van der Waals surface area contributed by atoms with Gasteiger partial charge in [0.25, 0.3) is 5.91 Å². The molecule has 1 N–H and O–H groups in total. The van der Waals surface area contributed by atoms with Gasteiger partial charge in [0.1, 0.15) is 6.04 Å². The molecule has 0 aromatic rings. The van der Waals surface area contributed by atoms with Gasteiger partial charge in [0.05, 0.1) is 0 Å². The number of rotatable bonds is 3. The summed E-state index contributed by atoms with van der Waals surface area (Å²) in [6.07, 6.45) is 1.86. The van der Waals surface area contributed by atoms with Crippen molar-refractivity contribution < 1.29 is 4.79 Å². The molecule has 1 aliphatic rings. The van der Waals surface area contributed by atoms with Gasteiger partial charge in [-0.3, -0.25) is 9.69 Å². The van der Waals surface area contributed by atoms with E-state index >= 15 is 0 Å². The predicted molar refractivity (Wildman–Crippen MR) is 56.4 cm³/mol. The Balaban J connectivity index is 2.70. The van der Waals surface area contributed by atoms with E-state index < -0.39 is 0 Å². The average Bonchev–Trinajstić information content (AvgIpc) is 2.28. The summed E-state index contributed by atoms with van der Waals surface area (Å²) in [7, 11) is 0. The van der Waals surface area contributed by atoms with Crippen LogP contribution in [-0.2, 0) is 4.79 Å². The van der Waals surface area contributed by atoms with Crippen LogP contribution in [0.5, 0.6) is 0 Å². The molecule has 1 rings (SSSR count). The Labute approximate surface area is 84.5 Å². The van der Waals surface area contributed by atoms with Crippen molar-refractivity contribution in [1.29, 1.82) is 0 Å². The molecule has 1 amide bonds. The molecular formula is C9H16N2OS. The molecule has 0 aromatic heterocycles. The quantitative estimate of drug-likeness (QED) is 0.697. The van der Waals surface area contributed by atoms with Crippen molar-refractivity contribution >= 4 is 23.2 Å². The number of carbonyl (C=O) groups excluding carboxylic acids is 1. The second kappa shape index (κ2) is 4.05. The Morgan fingerprint density at radius 2 is 2.23 bits per heavy atom. The van der Waals surface area contributed by atoms with Crippen molar-refractivity contribution in [2.45, 2.75) is 45.7 Å². The molecule has 1 heterocycles. The van der Waals surface area contributed by atoms with Gasteiger partial charge >= 0.3 is 0 Å². The Morgan fingerprint density at radius 1 is 1.62 bits per heavy atom. The van der Waals surface area contributed by atoms with Crippen LogP contribution in [-0.4, -0.2) is 28.0 Å². The number of nitrogens with zero attached hydrogens (tertiary/aromatic N) is 1. The molecule has 0 bridgehead atoms. The smallest absolute Gasteiger partial charge is 0.251 e. The number of hydrogen-bond acceptors (Lipinski definition) is 2. The van der Waals surface area contributed by atoms with Gasteiger partial charge in [-0.05, 0) is 32.5 Å². The number of hydrogen-bond donors (Lipinski definition) is 1. The molecule has 0 spiro atoms. The summed E-state index contributed by atoms with van der Waals surface area (Å²) in [5, 5.41) is 3.63. The lowest BCUT2D eigenvalue weighted by Gasteiger charge is -2.18. The summed E-state index contributed by atoms with van der Waals surface area (Å²) >= 11 is 5.08. The fraction of sp³-hybridized carbons (Fsp3) is 0.778. The highest BCUT2D eigenvalue weighted by Gasteiger charge is 2.35. The molecule has 0 aliphatic carbocycles. The zero-order valence-corrected chi connectivity index (χ0v) is 9.15. The lowest BCUT2D eigenvalue weighted by atomic mass is 10.1. The van der Waals surface area contributed by atoms with Crippen LogP contribution in [0, 0.1) is 0 Å². The molecule has 1 aliphatic heterocycles. The first-order chi connectivity index (χ1) is 6.07. The van der Waals surface area contributed by atoms with E-state index in [1.54, 1.807) is 4.90 Å². The van der Waals surface area contributed by atoms with Crippen LogP contribution in [0.1, 0.15) is 33.6 Å². The van der Waals surface area contributed by atoms with E-state index in [0.717, 1.165) is 12.8 Å². The van der Waals surface area contributed by atoms with Crippen LogP contribution >= 0.6 is 12.2 Å². The minimum Gasteiger partial charge on any atom is -0.350 e. The van der Waals surface area contributed by atoms with Crippen molar-refractivity contribution in [2.75, 3.05) is 0 Å². The predicted octanol–water partition coefficient (Wildman–Crippen LogP) is 1.28. The molecule has 0 aromatic carbocycles. The molecule has 13 heavy (non-hydrogen) atoms. The average molecular weight is 200 g/mol. The maximum atomic E-state index is 11.7. The largest absolute Gasteiger partial charge is 0.350 e. The highest BCUT2D eigenvalue weighted by atomic mass is 32.1. The lowest BCUT2D eigenvalue weighted by molar-refractivity contribution is -0.128. The highest BCUT2D eigenvalue weighted by Crippen LogP contribution is 2.13. The second-order valence-corrected chi connectivity index (χ2v) is 3.98. The Hall–Kier alpha value is -0.640. The van der Waals surface area contributed by atoms with Gasteiger partial charge in [0, 0.05) is 6.04 Å². The first kappa shape index (κ1) is 10.4. The summed E-state index contributed by atoms with van der Waals surface area (Å²) in [5.74, 6) is 0.127. The number of carbonyl (C=O) groups is 1. The maximum Gasteiger partial charge on any atom is 0.251 e. The Kier molecular flexibility index (Phi) is 3.25. The third kappa shape index (κ3) is 1.99. The van der Waals surface area contributed by atoms with Crippen LogP contribution < -0.4 is 5.32 Å². The minimum absolute atomic E-state index is 0.0834. The maximum absolute atomic E-state index is 11.7. The molecule has 3 nitrogen and oxygen atoms in total. The van der Waals surface area contributed by atoms with E-state index in [9.17, 15) is 4.79 Å². The topological polar surface area (TPSA) is 32.3 Å². The van der Waals surface area contributed by atoms with Crippen LogP contribution in [0.2, 0.25) is 0 Å². The lowest BCUT2D eigenvalue weighted by Crippen LogP contribution is -2.37. The van der Waals surface area contributed by atoms with Crippen molar-refractivity contribution in [3.63, 3.8) is 0 Å². The van der Waals surface area contributed by atoms with Crippen molar-refractivity contribution in [2.24, 2.45) is 0 Å². The van der Waals surface area contributed by atoms with Gasteiger partial charge in [-0.2, -0.15) is 0 Å². The van der Waals surface area contributed by atoms with E-state index in [2.05, 4.69) is 12.2 Å². The fourth-order valence-corrected chi connectivity index (χ4v) is 1.96. The number of amides is 1. The van der Waals surface area contributed by atoms with E-state index in [-0.39, 0.29) is 18.0 Å². The van der Waals surface area contributed by atoms with E-state index in [4.69, 9.17) is 12.2 Å². The summed E-state index contributed by atoms with van der Waals surface area (Å²) in [4.78, 5) is 13.4. The number of thiocarbonyl (C=S) groups is 1. The summed E-state index contributed by atoms with van der Waals surface area (Å²) in [6.45, 7) is 6.01. The first-order valence-corrected chi connectivity index (χ1v) is 5.12. The highest BCUT2D eigenvalue weighted by molar-refractivity contribution is 7.80. The van der Waals surface area contributed by atoms with Crippen LogP contribution in [0.4, 0.5) is 0 Å². The van der Waals surface area contributed by atoms with Gasteiger partial charge in [-0.1, -0.05) is 13.3 Å². The second-order valence-electron chi connectivity index (χ2n) is 3.59. The molecule has 1 saturated heterocycles. The third-order valence-electron chi connectivity index (χ3n) is 2.15. The zero-order valence-electron chi connectivity index (χ0n) is 8.33.